The second-order valence-electron chi connectivity index (χ2n) is 15.3. The molecule has 0 spiro atoms. The Morgan fingerprint density at radius 2 is 1.74 bits per heavy atom. The van der Waals surface area contributed by atoms with Crippen molar-refractivity contribution in [2.75, 3.05) is 48.8 Å². The zero-order valence-electron chi connectivity index (χ0n) is 28.4. The van der Waals surface area contributed by atoms with Crippen molar-refractivity contribution in [2.24, 2.45) is 29.1 Å². The average molecular weight is 674 g/mol. The molecule has 11 heteroatoms. The molecule has 2 N–H and O–H groups in total. The summed E-state index contributed by atoms with van der Waals surface area (Å²) in [6.07, 6.45) is 10.9. The Morgan fingerprint density at radius 3 is 2.50 bits per heavy atom. The van der Waals surface area contributed by atoms with Gasteiger partial charge in [-0.2, -0.15) is 4.98 Å². The van der Waals surface area contributed by atoms with Gasteiger partial charge in [-0.15, -0.1) is 0 Å². The highest BCUT2D eigenvalue weighted by molar-refractivity contribution is 5.94. The molecule has 2 aromatic heterocycles. The molecule has 2 unspecified atom stereocenters. The Balaban J connectivity index is 0.894. The van der Waals surface area contributed by atoms with Crippen LogP contribution in [0.1, 0.15) is 51.4 Å². The van der Waals surface area contributed by atoms with E-state index in [0.717, 1.165) is 68.9 Å². The van der Waals surface area contributed by atoms with E-state index in [4.69, 9.17) is 9.72 Å². The molecule has 1 saturated heterocycles. The van der Waals surface area contributed by atoms with Gasteiger partial charge in [-0.05, 0) is 105 Å². The maximum Gasteiger partial charge on any atom is 0.256 e. The average Bonchev–Trinajstić information content (AvgIpc) is 3.91. The number of ether oxygens (including phenoxy) is 1. The number of carbonyl (C=O) groups excluding carboxylic acids is 2. The summed E-state index contributed by atoms with van der Waals surface area (Å²) < 4.78 is 7.33. The van der Waals surface area contributed by atoms with Crippen LogP contribution in [-0.2, 0) is 9.59 Å². The maximum absolute atomic E-state index is 13.5. The van der Waals surface area contributed by atoms with Gasteiger partial charge in [-0.25, -0.2) is 4.98 Å². The van der Waals surface area contributed by atoms with Crippen molar-refractivity contribution in [3.63, 3.8) is 0 Å². The van der Waals surface area contributed by atoms with Crippen molar-refractivity contribution in [1.82, 2.24) is 19.4 Å². The summed E-state index contributed by atoms with van der Waals surface area (Å²) in [4.78, 5) is 52.7. The minimum Gasteiger partial charge on any atom is -0.494 e. The number of hydrogen-bond donors (Lipinski definition) is 2. The third-order valence-electron chi connectivity index (χ3n) is 12.0. The molecule has 3 heterocycles. The normalized spacial score (nSPS) is 25.3. The third kappa shape index (κ3) is 5.66. The highest BCUT2D eigenvalue weighted by Crippen LogP contribution is 2.66. The van der Waals surface area contributed by atoms with Crippen molar-refractivity contribution < 1.29 is 14.3 Å². The van der Waals surface area contributed by atoms with E-state index in [0.29, 0.717) is 51.1 Å². The summed E-state index contributed by atoms with van der Waals surface area (Å²) in [6, 6.07) is 16.5. The minimum absolute atomic E-state index is 0.00530. The number of nitrogens with one attached hydrogen (secondary N) is 2. The summed E-state index contributed by atoms with van der Waals surface area (Å²) in [7, 11) is 1.64. The van der Waals surface area contributed by atoms with E-state index in [1.54, 1.807) is 25.4 Å². The molecule has 2 atom stereocenters. The van der Waals surface area contributed by atoms with Gasteiger partial charge in [0.2, 0.25) is 17.8 Å². The number of hydrogen-bond acceptors (Lipinski definition) is 8. The van der Waals surface area contributed by atoms with E-state index in [-0.39, 0.29) is 17.4 Å². The van der Waals surface area contributed by atoms with Crippen LogP contribution in [0, 0.1) is 29.1 Å². The number of amides is 2. The minimum atomic E-state index is -0.242. The molecule has 5 aliphatic carbocycles. The van der Waals surface area contributed by atoms with Gasteiger partial charge in [0.1, 0.15) is 5.75 Å². The van der Waals surface area contributed by atoms with Crippen LogP contribution in [0.3, 0.4) is 0 Å². The van der Waals surface area contributed by atoms with Crippen molar-refractivity contribution in [3.8, 4) is 11.4 Å². The summed E-state index contributed by atoms with van der Waals surface area (Å²) in [5.41, 5.74) is 3.45. The first-order valence-electron chi connectivity index (χ1n) is 18.1. The quantitative estimate of drug-likeness (QED) is 0.231. The van der Waals surface area contributed by atoms with Gasteiger partial charge >= 0.3 is 0 Å². The second-order valence-corrected chi connectivity index (χ2v) is 15.3. The zero-order valence-corrected chi connectivity index (χ0v) is 28.4. The van der Waals surface area contributed by atoms with Gasteiger partial charge in [0, 0.05) is 73.6 Å². The molecule has 5 saturated carbocycles. The molecule has 0 radical (unpaired) electrons. The van der Waals surface area contributed by atoms with Gasteiger partial charge < -0.3 is 25.2 Å². The number of nitrogens with zero attached hydrogens (tertiary/aromatic N) is 5. The molecule has 6 fully saturated rings. The molecule has 258 valence electrons. The van der Waals surface area contributed by atoms with Crippen LogP contribution in [0.4, 0.5) is 23.0 Å². The smallest absolute Gasteiger partial charge is 0.256 e. The first-order valence-corrected chi connectivity index (χ1v) is 18.1. The van der Waals surface area contributed by atoms with Gasteiger partial charge in [0.05, 0.1) is 18.5 Å². The molecule has 2 aromatic carbocycles. The number of methoxy groups -OCH3 is 1. The Bertz CT molecular complexity index is 2040. The van der Waals surface area contributed by atoms with Gasteiger partial charge in [-0.1, -0.05) is 6.07 Å². The number of fused-ring (bicyclic) bond motifs is 1. The van der Waals surface area contributed by atoms with E-state index < -0.39 is 0 Å². The van der Waals surface area contributed by atoms with E-state index in [9.17, 15) is 14.4 Å². The van der Waals surface area contributed by atoms with Gasteiger partial charge in [-0.3, -0.25) is 19.0 Å². The van der Waals surface area contributed by atoms with E-state index in [1.807, 2.05) is 36.4 Å². The molecule has 4 aromatic rings. The molecule has 10 rings (SSSR count). The van der Waals surface area contributed by atoms with E-state index >= 15 is 0 Å². The van der Waals surface area contributed by atoms with Crippen LogP contribution < -0.4 is 25.8 Å². The Morgan fingerprint density at radius 1 is 0.940 bits per heavy atom. The zero-order chi connectivity index (χ0) is 34.0. The molecule has 11 nitrogen and oxygen atoms in total. The fourth-order valence-corrected chi connectivity index (χ4v) is 9.62. The fraction of sp³-hybridized carbons (Fsp3) is 0.462. The van der Waals surface area contributed by atoms with Crippen molar-refractivity contribution in [1.29, 1.82) is 0 Å². The molecule has 1 aliphatic heterocycles. The molecule has 6 aliphatic rings. The van der Waals surface area contributed by atoms with Crippen LogP contribution in [0.25, 0.3) is 16.7 Å². The van der Waals surface area contributed by atoms with Crippen LogP contribution in [0.15, 0.2) is 65.6 Å². The van der Waals surface area contributed by atoms with E-state index in [2.05, 4.69) is 25.4 Å². The molecular weight excluding hydrogens is 630 g/mol. The van der Waals surface area contributed by atoms with Gasteiger partial charge in [0.25, 0.3) is 5.56 Å². The highest BCUT2D eigenvalue weighted by Gasteiger charge is 2.58. The number of rotatable bonds is 9. The molecular formula is C39H43N7O4. The Kier molecular flexibility index (Phi) is 7.54. The van der Waals surface area contributed by atoms with Crippen molar-refractivity contribution in [3.05, 3.63) is 71.1 Å². The number of pyridine rings is 1. The summed E-state index contributed by atoms with van der Waals surface area (Å²) in [5, 5.41) is 6.95. The lowest BCUT2D eigenvalue weighted by Gasteiger charge is -2.39. The predicted octanol–water partition coefficient (Wildman–Crippen LogP) is 5.75. The summed E-state index contributed by atoms with van der Waals surface area (Å²) >= 11 is 0. The lowest BCUT2D eigenvalue weighted by atomic mass is 9.73. The number of anilines is 4. The topological polar surface area (TPSA) is 122 Å². The first-order chi connectivity index (χ1) is 24.3. The van der Waals surface area contributed by atoms with Gasteiger partial charge in [0.15, 0.2) is 5.65 Å². The Hall–Kier alpha value is -4.93. The Labute approximate surface area is 291 Å². The van der Waals surface area contributed by atoms with Crippen LogP contribution in [-0.4, -0.2) is 64.5 Å². The van der Waals surface area contributed by atoms with Crippen LogP contribution in [0.5, 0.6) is 5.75 Å². The first kappa shape index (κ1) is 31.1. The predicted molar refractivity (Wildman–Crippen MR) is 192 cm³/mol. The van der Waals surface area contributed by atoms with Crippen molar-refractivity contribution in [2.45, 2.75) is 51.4 Å². The SMILES string of the molecule is COc1cc(N2CCN(C(=O)CC34CC5CC(CC3C5)C4)CC2)ccc1Nc1ncc2ccc(=O)n(-c3cccc(NC(=O)C4CC4)c3)c2n1. The summed E-state index contributed by atoms with van der Waals surface area (Å²) in [6.45, 7) is 3.02. The standard InChI is InChI=1S/C39H43N7O4/c1-50-33-19-30(44-11-13-45(14-12-44)35(48)22-39-20-24-15-25(21-39)17-28(39)16-24)8-9-32(33)42-38-40-23-27-7-10-34(47)46(36(27)43-38)31-4-2-3-29(18-31)41-37(49)26-5-6-26/h2-4,7-10,18-19,23-26,28H,5-6,11-17,20-22H2,1H3,(H,41,49)(H,40,42,43). The molecule has 4 bridgehead atoms. The van der Waals surface area contributed by atoms with Crippen LogP contribution in [0.2, 0.25) is 0 Å². The van der Waals surface area contributed by atoms with Crippen molar-refractivity contribution >= 4 is 45.9 Å². The lowest BCUT2D eigenvalue weighted by molar-refractivity contribution is -0.134. The lowest BCUT2D eigenvalue weighted by Crippen LogP contribution is -2.49. The molecule has 50 heavy (non-hydrogen) atoms. The largest absolute Gasteiger partial charge is 0.494 e. The maximum atomic E-state index is 13.5. The number of aromatic nitrogens is 3. The summed E-state index contributed by atoms with van der Waals surface area (Å²) in [5.74, 6) is 3.91. The van der Waals surface area contributed by atoms with E-state index in [1.165, 1.54) is 42.7 Å². The molecule has 2 amide bonds. The highest BCUT2D eigenvalue weighted by atomic mass is 16.5. The second kappa shape index (κ2) is 12.1. The number of piperazine rings is 1. The number of carbonyl (C=O) groups is 2. The van der Waals surface area contributed by atoms with Crippen LogP contribution >= 0.6 is 0 Å². The fourth-order valence-electron chi connectivity index (χ4n) is 9.62. The number of benzene rings is 2. The monoisotopic (exact) mass is 673 g/mol. The third-order valence-corrected chi connectivity index (χ3v) is 12.0.